The molecule has 0 aromatic heterocycles. The van der Waals surface area contributed by atoms with Crippen LogP contribution in [0.1, 0.15) is 63.7 Å². The summed E-state index contributed by atoms with van der Waals surface area (Å²) in [4.78, 5) is 37.3. The van der Waals surface area contributed by atoms with Crippen molar-refractivity contribution in [1.29, 1.82) is 0 Å². The van der Waals surface area contributed by atoms with Crippen LogP contribution in [0, 0.1) is 22.6 Å². The number of hydrogen-bond donors (Lipinski definition) is 3. The van der Waals surface area contributed by atoms with Crippen molar-refractivity contribution in [2.45, 2.75) is 65.5 Å². The van der Waals surface area contributed by atoms with Gasteiger partial charge in [0.15, 0.2) is 11.6 Å². The van der Waals surface area contributed by atoms with Gasteiger partial charge in [-0.15, -0.1) is 0 Å². The van der Waals surface area contributed by atoms with E-state index in [4.69, 9.17) is 14.2 Å². The molecule has 2 aliphatic rings. The number of nitrogens with one attached hydrogen (secondary N) is 2. The molecular formula is C26H37FN2O7. The molecule has 0 spiro atoms. The zero-order valence-corrected chi connectivity index (χ0v) is 21.6. The Labute approximate surface area is 211 Å². The Morgan fingerprint density at radius 2 is 1.83 bits per heavy atom. The Morgan fingerprint density at radius 3 is 2.42 bits per heavy atom. The minimum atomic E-state index is -0.850. The standard InChI is InChI=1S/C26H37FN2O7/c1-25(2,3)14-28-22(30)17-12-35-13-19(17)29-23(31)16-10-21(18(27)11-20(16)34-5)36-15-6-8-26(4,9-7-15)24(32)33/h10-11,15,17,19H,6-9,12-14H2,1-5H3,(H,28,30)(H,29,31)(H,32,33)/t15?,17-,19+,26?/m1/s1. The summed E-state index contributed by atoms with van der Waals surface area (Å²) in [6.07, 6.45) is 1.38. The topological polar surface area (TPSA) is 123 Å². The average molecular weight is 509 g/mol. The first kappa shape index (κ1) is 27.7. The van der Waals surface area contributed by atoms with E-state index in [2.05, 4.69) is 10.6 Å². The number of carboxylic acids is 1. The summed E-state index contributed by atoms with van der Waals surface area (Å²) in [5.74, 6) is -2.89. The molecule has 1 aliphatic carbocycles. The van der Waals surface area contributed by atoms with Gasteiger partial charge in [-0.3, -0.25) is 14.4 Å². The smallest absolute Gasteiger partial charge is 0.309 e. The quantitative estimate of drug-likeness (QED) is 0.493. The zero-order valence-electron chi connectivity index (χ0n) is 21.6. The van der Waals surface area contributed by atoms with E-state index < -0.39 is 35.1 Å². The van der Waals surface area contributed by atoms with Crippen LogP contribution < -0.4 is 20.1 Å². The molecule has 2 fully saturated rings. The summed E-state index contributed by atoms with van der Waals surface area (Å²) in [5, 5.41) is 15.1. The summed E-state index contributed by atoms with van der Waals surface area (Å²) in [6.45, 7) is 8.58. The number of methoxy groups -OCH3 is 1. The molecule has 1 aliphatic heterocycles. The lowest BCUT2D eigenvalue weighted by atomic mass is 9.75. The van der Waals surface area contributed by atoms with Gasteiger partial charge in [-0.2, -0.15) is 0 Å². The SMILES string of the molecule is COc1cc(F)c(OC2CCC(C)(C(=O)O)CC2)cc1C(=O)N[C@H]1COC[C@H]1C(=O)NCC(C)(C)C. The number of ether oxygens (including phenoxy) is 3. The maximum absolute atomic E-state index is 14.8. The van der Waals surface area contributed by atoms with Crippen LogP contribution in [0.2, 0.25) is 0 Å². The maximum Gasteiger partial charge on any atom is 0.309 e. The normalized spacial score (nSPS) is 26.2. The summed E-state index contributed by atoms with van der Waals surface area (Å²) < 4.78 is 31.3. The van der Waals surface area contributed by atoms with E-state index in [1.54, 1.807) is 6.92 Å². The first-order valence-electron chi connectivity index (χ1n) is 12.3. The molecule has 2 atom stereocenters. The molecule has 2 amide bonds. The summed E-state index contributed by atoms with van der Waals surface area (Å²) in [5.41, 5.74) is -0.834. The van der Waals surface area contributed by atoms with Crippen molar-refractivity contribution >= 4 is 17.8 Å². The van der Waals surface area contributed by atoms with E-state index in [9.17, 15) is 23.9 Å². The summed E-state index contributed by atoms with van der Waals surface area (Å²) in [6, 6.07) is 1.83. The largest absolute Gasteiger partial charge is 0.496 e. The second-order valence-corrected chi connectivity index (χ2v) is 11.2. The summed E-state index contributed by atoms with van der Waals surface area (Å²) in [7, 11) is 1.33. The van der Waals surface area contributed by atoms with Crippen LogP contribution in [0.3, 0.4) is 0 Å². The minimum Gasteiger partial charge on any atom is -0.496 e. The molecule has 3 N–H and O–H groups in total. The third-order valence-electron chi connectivity index (χ3n) is 6.87. The third kappa shape index (κ3) is 6.66. The van der Waals surface area contributed by atoms with E-state index in [1.165, 1.54) is 13.2 Å². The molecular weight excluding hydrogens is 471 g/mol. The highest BCUT2D eigenvalue weighted by atomic mass is 19.1. The number of carbonyl (C=O) groups is 3. The van der Waals surface area contributed by atoms with Crippen molar-refractivity contribution in [3.8, 4) is 11.5 Å². The number of benzene rings is 1. The molecule has 0 radical (unpaired) electrons. The number of carbonyl (C=O) groups excluding carboxylic acids is 2. The van der Waals surface area contributed by atoms with E-state index in [1.807, 2.05) is 20.8 Å². The number of amides is 2. The number of rotatable bonds is 8. The fourth-order valence-corrected chi connectivity index (χ4v) is 4.40. The van der Waals surface area contributed by atoms with Crippen LogP contribution in [0.15, 0.2) is 12.1 Å². The van der Waals surface area contributed by atoms with E-state index in [0.29, 0.717) is 32.2 Å². The Hall–Kier alpha value is -2.88. The van der Waals surface area contributed by atoms with E-state index >= 15 is 0 Å². The molecule has 1 aromatic carbocycles. The summed E-state index contributed by atoms with van der Waals surface area (Å²) >= 11 is 0. The molecule has 1 saturated heterocycles. The molecule has 3 rings (SSSR count). The highest BCUT2D eigenvalue weighted by Crippen LogP contribution is 2.38. The monoisotopic (exact) mass is 508 g/mol. The van der Waals surface area contributed by atoms with Crippen LogP contribution in [0.4, 0.5) is 4.39 Å². The van der Waals surface area contributed by atoms with Crippen molar-refractivity contribution in [3.63, 3.8) is 0 Å². The molecule has 1 heterocycles. The van der Waals surface area contributed by atoms with Crippen molar-refractivity contribution in [1.82, 2.24) is 10.6 Å². The van der Waals surface area contributed by atoms with Crippen molar-refractivity contribution in [2.75, 3.05) is 26.9 Å². The van der Waals surface area contributed by atoms with Gasteiger partial charge < -0.3 is 30.0 Å². The molecule has 200 valence electrons. The lowest BCUT2D eigenvalue weighted by Crippen LogP contribution is -2.47. The molecule has 1 aromatic rings. The van der Waals surface area contributed by atoms with Crippen LogP contribution in [0.5, 0.6) is 11.5 Å². The van der Waals surface area contributed by atoms with Gasteiger partial charge in [-0.05, 0) is 44.1 Å². The first-order valence-corrected chi connectivity index (χ1v) is 12.3. The second kappa shape index (κ2) is 11.0. The van der Waals surface area contributed by atoms with Crippen molar-refractivity contribution in [3.05, 3.63) is 23.5 Å². The molecule has 10 heteroatoms. The molecule has 1 saturated carbocycles. The van der Waals surface area contributed by atoms with Crippen LogP contribution in [0.25, 0.3) is 0 Å². The molecule has 0 unspecified atom stereocenters. The second-order valence-electron chi connectivity index (χ2n) is 11.2. The zero-order chi connectivity index (χ0) is 26.7. The number of carboxylic acid groups (broad SMARTS) is 1. The predicted octanol–water partition coefficient (Wildman–Crippen LogP) is 3.15. The molecule has 0 bridgehead atoms. The fraction of sp³-hybridized carbons (Fsp3) is 0.654. The Kier molecular flexibility index (Phi) is 8.48. The lowest BCUT2D eigenvalue weighted by molar-refractivity contribution is -0.150. The Bertz CT molecular complexity index is 983. The lowest BCUT2D eigenvalue weighted by Gasteiger charge is -2.34. The predicted molar refractivity (Wildman–Crippen MR) is 130 cm³/mol. The van der Waals surface area contributed by atoms with Crippen LogP contribution in [-0.4, -0.2) is 61.9 Å². The average Bonchev–Trinajstić information content (AvgIpc) is 3.27. The molecule has 9 nitrogen and oxygen atoms in total. The first-order chi connectivity index (χ1) is 16.8. The highest BCUT2D eigenvalue weighted by Gasteiger charge is 2.39. The van der Waals surface area contributed by atoms with Crippen LogP contribution >= 0.6 is 0 Å². The number of hydrogen-bond acceptors (Lipinski definition) is 6. The van der Waals surface area contributed by atoms with Gasteiger partial charge >= 0.3 is 5.97 Å². The van der Waals surface area contributed by atoms with Crippen molar-refractivity contribution < 1.29 is 38.1 Å². The minimum absolute atomic E-state index is 0.0343. The van der Waals surface area contributed by atoms with E-state index in [0.717, 1.165) is 6.07 Å². The van der Waals surface area contributed by atoms with Gasteiger partial charge in [0.25, 0.3) is 5.91 Å². The van der Waals surface area contributed by atoms with E-state index in [-0.39, 0.29) is 47.7 Å². The number of halogens is 1. The number of aliphatic carboxylic acids is 1. The van der Waals surface area contributed by atoms with Gasteiger partial charge in [-0.25, -0.2) is 4.39 Å². The fourth-order valence-electron chi connectivity index (χ4n) is 4.40. The molecule has 36 heavy (non-hydrogen) atoms. The maximum atomic E-state index is 14.8. The Morgan fingerprint density at radius 1 is 1.17 bits per heavy atom. The van der Waals surface area contributed by atoms with Crippen molar-refractivity contribution in [2.24, 2.45) is 16.7 Å². The van der Waals surface area contributed by atoms with Gasteiger partial charge in [0.2, 0.25) is 5.91 Å². The van der Waals surface area contributed by atoms with Gasteiger partial charge in [-0.1, -0.05) is 20.8 Å². The van der Waals surface area contributed by atoms with Crippen LogP contribution in [-0.2, 0) is 14.3 Å². The highest BCUT2D eigenvalue weighted by molar-refractivity contribution is 5.98. The van der Waals surface area contributed by atoms with Gasteiger partial charge in [0, 0.05) is 12.6 Å². The van der Waals surface area contributed by atoms with Gasteiger partial charge in [0.05, 0.1) is 49.4 Å². The Balaban J connectivity index is 1.70. The third-order valence-corrected chi connectivity index (χ3v) is 6.87. The van der Waals surface area contributed by atoms with Gasteiger partial charge in [0.1, 0.15) is 5.75 Å².